The smallest absolute Gasteiger partial charge is 0.251 e. The SMILES string of the molecule is O=C(NCC(O)c1ccsc1)c1ccc(S(=O)(=O)N2CCCC2)cc1. The number of rotatable bonds is 6. The van der Waals surface area contributed by atoms with Crippen molar-refractivity contribution in [3.8, 4) is 0 Å². The first-order chi connectivity index (χ1) is 12.0. The molecular formula is C17H20N2O4S2. The van der Waals surface area contributed by atoms with Crippen LogP contribution in [0.15, 0.2) is 46.0 Å². The summed E-state index contributed by atoms with van der Waals surface area (Å²) >= 11 is 1.48. The van der Waals surface area contributed by atoms with Crippen LogP contribution in [0.2, 0.25) is 0 Å². The molecule has 1 fully saturated rings. The third kappa shape index (κ3) is 4.09. The molecule has 0 saturated carbocycles. The summed E-state index contributed by atoms with van der Waals surface area (Å²) < 4.78 is 26.4. The Labute approximate surface area is 151 Å². The van der Waals surface area contributed by atoms with E-state index in [0.717, 1.165) is 18.4 Å². The molecule has 0 bridgehead atoms. The van der Waals surface area contributed by atoms with Crippen molar-refractivity contribution in [3.05, 3.63) is 52.2 Å². The molecule has 1 aromatic heterocycles. The third-order valence-corrected chi connectivity index (χ3v) is 6.82. The summed E-state index contributed by atoms with van der Waals surface area (Å²) in [4.78, 5) is 12.4. The lowest BCUT2D eigenvalue weighted by Gasteiger charge is -2.15. The van der Waals surface area contributed by atoms with Gasteiger partial charge in [-0.15, -0.1) is 0 Å². The van der Waals surface area contributed by atoms with Crippen LogP contribution in [-0.4, -0.2) is 43.4 Å². The van der Waals surface area contributed by atoms with E-state index in [4.69, 9.17) is 0 Å². The van der Waals surface area contributed by atoms with Gasteiger partial charge in [-0.2, -0.15) is 15.6 Å². The Kier molecular flexibility index (Phi) is 5.53. The van der Waals surface area contributed by atoms with Gasteiger partial charge in [0.05, 0.1) is 11.0 Å². The van der Waals surface area contributed by atoms with Gasteiger partial charge in [-0.3, -0.25) is 4.79 Å². The topological polar surface area (TPSA) is 86.7 Å². The summed E-state index contributed by atoms with van der Waals surface area (Å²) in [5.74, 6) is -0.348. The molecule has 3 rings (SSSR count). The zero-order chi connectivity index (χ0) is 17.9. The number of aliphatic hydroxyl groups is 1. The van der Waals surface area contributed by atoms with E-state index in [9.17, 15) is 18.3 Å². The quantitative estimate of drug-likeness (QED) is 0.802. The fourth-order valence-electron chi connectivity index (χ4n) is 2.73. The van der Waals surface area contributed by atoms with Crippen molar-refractivity contribution in [2.24, 2.45) is 0 Å². The van der Waals surface area contributed by atoms with Gasteiger partial charge in [-0.05, 0) is 59.5 Å². The summed E-state index contributed by atoms with van der Waals surface area (Å²) in [6, 6.07) is 7.71. The number of aliphatic hydroxyl groups excluding tert-OH is 1. The second kappa shape index (κ2) is 7.65. The van der Waals surface area contributed by atoms with Gasteiger partial charge in [0.15, 0.2) is 0 Å². The van der Waals surface area contributed by atoms with Crippen molar-refractivity contribution >= 4 is 27.3 Å². The maximum Gasteiger partial charge on any atom is 0.251 e. The fraction of sp³-hybridized carbons (Fsp3) is 0.353. The number of hydrogen-bond donors (Lipinski definition) is 2. The van der Waals surface area contributed by atoms with Crippen LogP contribution < -0.4 is 5.32 Å². The van der Waals surface area contributed by atoms with Crippen molar-refractivity contribution in [3.63, 3.8) is 0 Å². The van der Waals surface area contributed by atoms with E-state index in [1.54, 1.807) is 6.07 Å². The largest absolute Gasteiger partial charge is 0.387 e. The van der Waals surface area contributed by atoms with Crippen molar-refractivity contribution in [2.75, 3.05) is 19.6 Å². The van der Waals surface area contributed by atoms with Crippen LogP contribution in [0.5, 0.6) is 0 Å². The second-order valence-corrected chi connectivity index (χ2v) is 8.64. The second-order valence-electron chi connectivity index (χ2n) is 5.92. The molecule has 2 aromatic rings. The molecule has 0 spiro atoms. The molecule has 1 aromatic carbocycles. The summed E-state index contributed by atoms with van der Waals surface area (Å²) in [6.45, 7) is 1.19. The van der Waals surface area contributed by atoms with Crippen LogP contribution in [0.4, 0.5) is 0 Å². The molecular weight excluding hydrogens is 360 g/mol. The zero-order valence-corrected chi connectivity index (χ0v) is 15.2. The fourth-order valence-corrected chi connectivity index (χ4v) is 4.95. The van der Waals surface area contributed by atoms with E-state index in [1.165, 1.54) is 39.9 Å². The Balaban J connectivity index is 1.62. The van der Waals surface area contributed by atoms with Gasteiger partial charge in [0.1, 0.15) is 0 Å². The number of hydrogen-bond acceptors (Lipinski definition) is 5. The highest BCUT2D eigenvalue weighted by Crippen LogP contribution is 2.21. The molecule has 2 heterocycles. The van der Waals surface area contributed by atoms with Gasteiger partial charge in [0.25, 0.3) is 5.91 Å². The van der Waals surface area contributed by atoms with E-state index < -0.39 is 16.1 Å². The molecule has 1 amide bonds. The number of carbonyl (C=O) groups excluding carboxylic acids is 1. The molecule has 1 aliphatic heterocycles. The van der Waals surface area contributed by atoms with Gasteiger partial charge in [-0.25, -0.2) is 8.42 Å². The summed E-state index contributed by atoms with van der Waals surface area (Å²) in [6.07, 6.45) is 1.00. The summed E-state index contributed by atoms with van der Waals surface area (Å²) in [7, 11) is -3.47. The molecule has 1 atom stereocenters. The van der Waals surface area contributed by atoms with E-state index in [-0.39, 0.29) is 17.3 Å². The molecule has 6 nitrogen and oxygen atoms in total. The number of nitrogens with zero attached hydrogens (tertiary/aromatic N) is 1. The van der Waals surface area contributed by atoms with Gasteiger partial charge < -0.3 is 10.4 Å². The Morgan fingerprint density at radius 1 is 1.20 bits per heavy atom. The van der Waals surface area contributed by atoms with Crippen molar-refractivity contribution < 1.29 is 18.3 Å². The van der Waals surface area contributed by atoms with E-state index in [2.05, 4.69) is 5.32 Å². The standard InChI is InChI=1S/C17H20N2O4S2/c20-16(14-7-10-24-12-14)11-18-17(21)13-3-5-15(6-4-13)25(22,23)19-8-1-2-9-19/h3-7,10,12,16,20H,1-2,8-9,11H2,(H,18,21). The minimum Gasteiger partial charge on any atom is -0.387 e. The van der Waals surface area contributed by atoms with E-state index in [0.29, 0.717) is 18.7 Å². The lowest BCUT2D eigenvalue weighted by Crippen LogP contribution is -2.29. The van der Waals surface area contributed by atoms with Crippen molar-refractivity contribution in [1.82, 2.24) is 9.62 Å². The summed E-state index contributed by atoms with van der Waals surface area (Å²) in [5.41, 5.74) is 1.12. The van der Waals surface area contributed by atoms with E-state index in [1.807, 2.05) is 10.8 Å². The molecule has 2 N–H and O–H groups in total. The van der Waals surface area contributed by atoms with Crippen LogP contribution in [0, 0.1) is 0 Å². The number of nitrogens with one attached hydrogen (secondary N) is 1. The van der Waals surface area contributed by atoms with Gasteiger partial charge >= 0.3 is 0 Å². The molecule has 1 aliphatic rings. The van der Waals surface area contributed by atoms with Crippen LogP contribution >= 0.6 is 11.3 Å². The highest BCUT2D eigenvalue weighted by molar-refractivity contribution is 7.89. The molecule has 8 heteroatoms. The number of carbonyl (C=O) groups is 1. The van der Waals surface area contributed by atoms with Crippen LogP contribution in [-0.2, 0) is 10.0 Å². The first-order valence-corrected chi connectivity index (χ1v) is 10.5. The van der Waals surface area contributed by atoms with Crippen molar-refractivity contribution in [2.45, 2.75) is 23.8 Å². The maximum absolute atomic E-state index is 12.5. The average molecular weight is 380 g/mol. The minimum absolute atomic E-state index is 0.101. The first-order valence-electron chi connectivity index (χ1n) is 8.07. The molecule has 134 valence electrons. The third-order valence-electron chi connectivity index (χ3n) is 4.20. The number of benzene rings is 1. The number of thiophene rings is 1. The van der Waals surface area contributed by atoms with Crippen LogP contribution in [0.25, 0.3) is 0 Å². The lowest BCUT2D eigenvalue weighted by molar-refractivity contribution is 0.0916. The Bertz CT molecular complexity index is 811. The van der Waals surface area contributed by atoms with Gasteiger partial charge in [-0.1, -0.05) is 0 Å². The highest BCUT2D eigenvalue weighted by atomic mass is 32.2. The molecule has 0 aliphatic carbocycles. The Hall–Kier alpha value is -1.74. The number of sulfonamides is 1. The average Bonchev–Trinajstić information content (AvgIpc) is 3.33. The summed E-state index contributed by atoms with van der Waals surface area (Å²) in [5, 5.41) is 16.3. The monoisotopic (exact) mass is 380 g/mol. The minimum atomic E-state index is -3.47. The van der Waals surface area contributed by atoms with Gasteiger partial charge in [0, 0.05) is 25.2 Å². The highest BCUT2D eigenvalue weighted by Gasteiger charge is 2.27. The lowest BCUT2D eigenvalue weighted by atomic mass is 10.2. The molecule has 1 saturated heterocycles. The van der Waals surface area contributed by atoms with Crippen LogP contribution in [0.3, 0.4) is 0 Å². The predicted octanol–water partition coefficient (Wildman–Crippen LogP) is 2.00. The normalized spacial score (nSPS) is 16.7. The van der Waals surface area contributed by atoms with E-state index >= 15 is 0 Å². The Morgan fingerprint density at radius 2 is 1.88 bits per heavy atom. The van der Waals surface area contributed by atoms with Crippen molar-refractivity contribution in [1.29, 1.82) is 0 Å². The molecule has 1 unspecified atom stereocenters. The van der Waals surface area contributed by atoms with Gasteiger partial charge in [0.2, 0.25) is 10.0 Å². The molecule has 0 radical (unpaired) electrons. The van der Waals surface area contributed by atoms with Crippen LogP contribution in [0.1, 0.15) is 34.9 Å². The predicted molar refractivity (Wildman–Crippen MR) is 96.0 cm³/mol. The maximum atomic E-state index is 12.5. The molecule has 25 heavy (non-hydrogen) atoms. The zero-order valence-electron chi connectivity index (χ0n) is 13.6. The number of amides is 1. The Morgan fingerprint density at radius 3 is 2.48 bits per heavy atom. The first kappa shape index (κ1) is 18.1.